The molecule has 0 unspecified atom stereocenters. The van der Waals surface area contributed by atoms with E-state index in [1.54, 1.807) is 0 Å². The minimum Gasteiger partial charge on any atom is -0.354 e. The van der Waals surface area contributed by atoms with E-state index in [2.05, 4.69) is 141 Å². The Labute approximate surface area is 258 Å². The summed E-state index contributed by atoms with van der Waals surface area (Å²) in [4.78, 5) is 3.97. The predicted octanol–water partition coefficient (Wildman–Crippen LogP) is 8.40. The molecule has 7 aromatic rings. The van der Waals surface area contributed by atoms with Gasteiger partial charge in [0, 0.05) is 49.5 Å². The minimum atomic E-state index is -0.0509. The molecule has 3 aliphatic rings. The SMILES string of the molecule is Cc1cc(-c2cccc3c4c([nH]c23)-c2ccccc2C4(C)C)c2c(c1)-n1c3c(c4cccc(c41)B2)C(C)(C)c1ccccc1-3. The summed E-state index contributed by atoms with van der Waals surface area (Å²) < 4.78 is 2.62. The Morgan fingerprint density at radius 2 is 1.30 bits per heavy atom. The highest BCUT2D eigenvalue weighted by Gasteiger charge is 2.42. The molecule has 10 rings (SSSR count). The fourth-order valence-corrected chi connectivity index (χ4v) is 9.34. The van der Waals surface area contributed by atoms with E-state index in [1.807, 2.05) is 0 Å². The van der Waals surface area contributed by atoms with E-state index in [0.717, 1.165) is 7.28 Å². The van der Waals surface area contributed by atoms with Crippen LogP contribution in [-0.2, 0) is 10.8 Å². The van der Waals surface area contributed by atoms with Crippen molar-refractivity contribution in [2.75, 3.05) is 0 Å². The molecule has 0 radical (unpaired) electrons. The van der Waals surface area contributed by atoms with Crippen molar-refractivity contribution in [3.63, 3.8) is 0 Å². The molecule has 0 amide bonds. The summed E-state index contributed by atoms with van der Waals surface area (Å²) in [7, 11) is 0.929. The van der Waals surface area contributed by atoms with Gasteiger partial charge in [0.05, 0.1) is 16.9 Å². The number of aromatic amines is 1. The van der Waals surface area contributed by atoms with Crippen molar-refractivity contribution in [3.05, 3.63) is 125 Å². The van der Waals surface area contributed by atoms with E-state index < -0.39 is 0 Å². The summed E-state index contributed by atoms with van der Waals surface area (Å²) in [5.74, 6) is 0. The third-order valence-electron chi connectivity index (χ3n) is 11.2. The molecule has 210 valence electrons. The highest BCUT2D eigenvalue weighted by Crippen LogP contribution is 2.55. The summed E-state index contributed by atoms with van der Waals surface area (Å²) >= 11 is 0. The number of aromatic nitrogens is 2. The second-order valence-corrected chi connectivity index (χ2v) is 14.3. The summed E-state index contributed by atoms with van der Waals surface area (Å²) in [5.41, 5.74) is 21.7. The monoisotopic (exact) mass is 564 g/mol. The van der Waals surface area contributed by atoms with E-state index in [9.17, 15) is 0 Å². The summed E-state index contributed by atoms with van der Waals surface area (Å²) in [5, 5.41) is 2.74. The van der Waals surface area contributed by atoms with Crippen LogP contribution in [0.25, 0.3) is 61.1 Å². The smallest absolute Gasteiger partial charge is 0.198 e. The van der Waals surface area contributed by atoms with Crippen LogP contribution in [0, 0.1) is 6.92 Å². The van der Waals surface area contributed by atoms with Gasteiger partial charge < -0.3 is 9.55 Å². The number of aryl methyl sites for hydroxylation is 1. The molecule has 1 N–H and O–H groups in total. The number of H-pyrrole nitrogens is 1. The van der Waals surface area contributed by atoms with Crippen LogP contribution in [0.15, 0.2) is 97.1 Å². The Bertz CT molecular complexity index is 2430. The van der Waals surface area contributed by atoms with E-state index in [0.29, 0.717) is 0 Å². The van der Waals surface area contributed by atoms with Crippen LogP contribution in [0.2, 0.25) is 0 Å². The normalized spacial score (nSPS) is 15.9. The van der Waals surface area contributed by atoms with Crippen LogP contribution in [0.3, 0.4) is 0 Å². The molecular formula is C41H33BN2. The maximum atomic E-state index is 3.97. The first-order chi connectivity index (χ1) is 21.3. The average molecular weight is 565 g/mol. The van der Waals surface area contributed by atoms with Crippen molar-refractivity contribution < 1.29 is 0 Å². The van der Waals surface area contributed by atoms with Crippen LogP contribution in [-0.4, -0.2) is 16.8 Å². The third-order valence-corrected chi connectivity index (χ3v) is 11.2. The largest absolute Gasteiger partial charge is 0.354 e. The average Bonchev–Trinajstić information content (AvgIpc) is 3.71. The lowest BCUT2D eigenvalue weighted by Gasteiger charge is -2.26. The minimum absolute atomic E-state index is 0.0503. The highest BCUT2D eigenvalue weighted by atomic mass is 15.0. The molecule has 1 aliphatic heterocycles. The lowest BCUT2D eigenvalue weighted by Crippen LogP contribution is -2.37. The maximum absolute atomic E-state index is 3.97. The first-order valence-corrected chi connectivity index (χ1v) is 15.9. The number of fused-ring (bicyclic) bond motifs is 12. The van der Waals surface area contributed by atoms with Gasteiger partial charge in [-0.3, -0.25) is 0 Å². The van der Waals surface area contributed by atoms with Crippen LogP contribution in [0.4, 0.5) is 0 Å². The van der Waals surface area contributed by atoms with Crippen molar-refractivity contribution in [2.24, 2.45) is 0 Å². The Hall–Kier alpha value is -4.76. The van der Waals surface area contributed by atoms with Crippen LogP contribution in [0.5, 0.6) is 0 Å². The molecule has 3 heteroatoms. The van der Waals surface area contributed by atoms with Gasteiger partial charge in [0.25, 0.3) is 0 Å². The van der Waals surface area contributed by atoms with E-state index in [4.69, 9.17) is 0 Å². The van der Waals surface area contributed by atoms with E-state index in [-0.39, 0.29) is 10.8 Å². The number of hydrogen-bond acceptors (Lipinski definition) is 0. The molecule has 0 fully saturated rings. The lowest BCUT2D eigenvalue weighted by atomic mass is 9.58. The molecular weight excluding hydrogens is 531 g/mol. The molecule has 2 aliphatic carbocycles. The van der Waals surface area contributed by atoms with Gasteiger partial charge in [-0.2, -0.15) is 0 Å². The Kier molecular flexibility index (Phi) is 4.40. The fourth-order valence-electron chi connectivity index (χ4n) is 9.34. The van der Waals surface area contributed by atoms with Crippen LogP contribution < -0.4 is 10.9 Å². The molecule has 2 nitrogen and oxygen atoms in total. The Balaban J connectivity index is 1.29. The Morgan fingerprint density at radius 1 is 0.636 bits per heavy atom. The van der Waals surface area contributed by atoms with E-state index in [1.165, 1.54) is 99.9 Å². The summed E-state index contributed by atoms with van der Waals surface area (Å²) in [6.45, 7) is 11.8. The Morgan fingerprint density at radius 3 is 2.11 bits per heavy atom. The molecule has 3 heterocycles. The van der Waals surface area contributed by atoms with Crippen LogP contribution in [0.1, 0.15) is 55.5 Å². The van der Waals surface area contributed by atoms with Gasteiger partial charge in [-0.1, -0.05) is 124 Å². The molecule has 0 saturated heterocycles. The maximum Gasteiger partial charge on any atom is 0.198 e. The van der Waals surface area contributed by atoms with Crippen molar-refractivity contribution in [1.29, 1.82) is 0 Å². The van der Waals surface area contributed by atoms with Crippen LogP contribution >= 0.6 is 0 Å². The second-order valence-electron chi connectivity index (χ2n) is 14.3. The van der Waals surface area contributed by atoms with Gasteiger partial charge >= 0.3 is 0 Å². The number of para-hydroxylation sites is 2. The van der Waals surface area contributed by atoms with Gasteiger partial charge in [-0.25, -0.2) is 0 Å². The molecule has 44 heavy (non-hydrogen) atoms. The van der Waals surface area contributed by atoms with Gasteiger partial charge in [0.1, 0.15) is 0 Å². The lowest BCUT2D eigenvalue weighted by molar-refractivity contribution is 0.666. The highest BCUT2D eigenvalue weighted by molar-refractivity contribution is 6.73. The molecule has 5 aromatic carbocycles. The number of nitrogens with one attached hydrogen (secondary N) is 1. The first-order valence-electron chi connectivity index (χ1n) is 15.9. The van der Waals surface area contributed by atoms with Gasteiger partial charge in [0.2, 0.25) is 0 Å². The topological polar surface area (TPSA) is 20.7 Å². The molecule has 0 saturated carbocycles. The quantitative estimate of drug-likeness (QED) is 0.193. The predicted molar refractivity (Wildman–Crippen MR) is 187 cm³/mol. The number of rotatable bonds is 1. The first kappa shape index (κ1) is 24.7. The molecule has 2 aromatic heterocycles. The third kappa shape index (κ3) is 2.76. The van der Waals surface area contributed by atoms with Gasteiger partial charge in [0.15, 0.2) is 7.28 Å². The van der Waals surface area contributed by atoms with Crippen molar-refractivity contribution in [3.8, 4) is 39.3 Å². The van der Waals surface area contributed by atoms with Crippen molar-refractivity contribution >= 4 is 40.0 Å². The fraction of sp³-hybridized carbons (Fsp3) is 0.171. The summed E-state index contributed by atoms with van der Waals surface area (Å²) in [6, 6.07) is 36.7. The van der Waals surface area contributed by atoms with Crippen molar-refractivity contribution in [2.45, 2.75) is 45.4 Å². The van der Waals surface area contributed by atoms with Crippen molar-refractivity contribution in [1.82, 2.24) is 9.55 Å². The summed E-state index contributed by atoms with van der Waals surface area (Å²) in [6.07, 6.45) is 0. The zero-order valence-electron chi connectivity index (χ0n) is 25.9. The number of nitrogens with zero attached hydrogens (tertiary/aromatic N) is 1. The van der Waals surface area contributed by atoms with Gasteiger partial charge in [-0.05, 0) is 51.8 Å². The molecule has 0 spiro atoms. The zero-order chi connectivity index (χ0) is 29.7. The molecule has 0 atom stereocenters. The van der Waals surface area contributed by atoms with E-state index >= 15 is 0 Å². The standard InChI is InChI=1S/C41H33BN2/c1-22-20-28(23-14-10-15-26-33-37(43-36(23)26)24-12-6-8-17-29(24)40(33,2)3)35-32(21-22)44-38-27(16-11-19-31(38)42-35)34-39(44)25-13-7-9-18-30(25)41(34,4)5/h6-21,42-43H,1-5H3. The second kappa shape index (κ2) is 7.84. The number of benzene rings is 5. The van der Waals surface area contributed by atoms with Gasteiger partial charge in [-0.15, -0.1) is 0 Å². The zero-order valence-corrected chi connectivity index (χ0v) is 25.9. The molecule has 0 bridgehead atoms. The number of hydrogen-bond donors (Lipinski definition) is 1.